The summed E-state index contributed by atoms with van der Waals surface area (Å²) in [5, 5.41) is 9.27. The molecule has 0 bridgehead atoms. The number of aryl methyl sites for hydroxylation is 1. The molecule has 0 atom stereocenters. The summed E-state index contributed by atoms with van der Waals surface area (Å²) in [5.74, 6) is -0.408. The van der Waals surface area contributed by atoms with Crippen molar-refractivity contribution in [2.24, 2.45) is 5.10 Å². The summed E-state index contributed by atoms with van der Waals surface area (Å²) in [6.07, 6.45) is 1.52. The van der Waals surface area contributed by atoms with E-state index >= 15 is 0 Å². The Bertz CT molecular complexity index is 777. The number of carbonyl (C=O) groups is 1. The zero-order valence-corrected chi connectivity index (χ0v) is 13.1. The molecule has 1 amide bonds. The second kappa shape index (κ2) is 6.98. The number of rotatable bonds is 5. The predicted molar refractivity (Wildman–Crippen MR) is 87.2 cm³/mol. The number of nitrogens with zero attached hydrogens (tertiary/aromatic N) is 3. The van der Waals surface area contributed by atoms with Crippen LogP contribution in [0.5, 0.6) is 0 Å². The Morgan fingerprint density at radius 1 is 1.27 bits per heavy atom. The minimum absolute atomic E-state index is 0.178. The maximum absolute atomic E-state index is 12.4. The summed E-state index contributed by atoms with van der Waals surface area (Å²) in [5.41, 5.74) is 3.36. The molecule has 6 nitrogen and oxygen atoms in total. The lowest BCUT2D eigenvalue weighted by Crippen LogP contribution is -2.29. The number of amides is 1. The Labute approximate surface area is 128 Å². The van der Waals surface area contributed by atoms with Gasteiger partial charge in [0, 0.05) is 17.6 Å². The lowest BCUT2D eigenvalue weighted by Gasteiger charge is -2.09. The molecular weight excluding hydrogens is 280 g/mol. The molecule has 0 saturated carbocycles. The van der Waals surface area contributed by atoms with Crippen LogP contribution >= 0.6 is 0 Å². The SMILES string of the molecule is CCCn1nc(C(=O)N/N=C(/C)CC)c2ccccc2c1=O. The van der Waals surface area contributed by atoms with E-state index in [9.17, 15) is 9.59 Å². The van der Waals surface area contributed by atoms with Gasteiger partial charge in [0.25, 0.3) is 11.5 Å². The van der Waals surface area contributed by atoms with Crippen molar-refractivity contribution in [1.29, 1.82) is 0 Å². The van der Waals surface area contributed by atoms with Crippen LogP contribution in [0, 0.1) is 0 Å². The monoisotopic (exact) mass is 300 g/mol. The summed E-state index contributed by atoms with van der Waals surface area (Å²) in [4.78, 5) is 24.7. The quantitative estimate of drug-likeness (QED) is 0.680. The molecule has 0 aliphatic rings. The fourth-order valence-electron chi connectivity index (χ4n) is 2.04. The van der Waals surface area contributed by atoms with Gasteiger partial charge >= 0.3 is 0 Å². The topological polar surface area (TPSA) is 76.3 Å². The minimum atomic E-state index is -0.408. The van der Waals surface area contributed by atoms with Crippen LogP contribution in [0.25, 0.3) is 10.8 Å². The van der Waals surface area contributed by atoms with Crippen molar-refractivity contribution in [2.45, 2.75) is 40.2 Å². The van der Waals surface area contributed by atoms with Gasteiger partial charge < -0.3 is 0 Å². The Hall–Kier alpha value is -2.50. The third-order valence-electron chi connectivity index (χ3n) is 3.38. The normalized spacial score (nSPS) is 11.7. The summed E-state index contributed by atoms with van der Waals surface area (Å²) >= 11 is 0. The van der Waals surface area contributed by atoms with E-state index in [1.165, 1.54) is 4.68 Å². The molecule has 1 aromatic heterocycles. The number of hydrogen-bond acceptors (Lipinski definition) is 4. The lowest BCUT2D eigenvalue weighted by molar-refractivity contribution is 0.0949. The lowest BCUT2D eigenvalue weighted by atomic mass is 10.1. The Morgan fingerprint density at radius 3 is 2.59 bits per heavy atom. The Balaban J connectivity index is 2.54. The van der Waals surface area contributed by atoms with Crippen LogP contribution in [0.2, 0.25) is 0 Å². The number of carbonyl (C=O) groups excluding carboxylic acids is 1. The van der Waals surface area contributed by atoms with Crippen molar-refractivity contribution in [3.8, 4) is 0 Å². The van der Waals surface area contributed by atoms with Crippen LogP contribution in [0.15, 0.2) is 34.2 Å². The third-order valence-corrected chi connectivity index (χ3v) is 3.38. The first-order chi connectivity index (χ1) is 10.6. The van der Waals surface area contributed by atoms with Gasteiger partial charge in [-0.3, -0.25) is 9.59 Å². The van der Waals surface area contributed by atoms with E-state index in [2.05, 4.69) is 15.6 Å². The average molecular weight is 300 g/mol. The fraction of sp³-hybridized carbons (Fsp3) is 0.375. The molecule has 1 aromatic carbocycles. The molecule has 22 heavy (non-hydrogen) atoms. The molecule has 0 aliphatic heterocycles. The van der Waals surface area contributed by atoms with Crippen LogP contribution in [0.3, 0.4) is 0 Å². The molecule has 2 rings (SSSR count). The molecular formula is C16H20N4O2. The van der Waals surface area contributed by atoms with E-state index in [1.807, 2.05) is 20.8 Å². The Morgan fingerprint density at radius 2 is 1.95 bits per heavy atom. The number of hydrazone groups is 1. The smallest absolute Gasteiger partial charge is 0.267 e. The average Bonchev–Trinajstić information content (AvgIpc) is 2.55. The summed E-state index contributed by atoms with van der Waals surface area (Å²) in [6.45, 7) is 6.23. The standard InChI is InChI=1S/C16H20N4O2/c1-4-10-20-16(22)13-9-7-6-8-12(13)14(19-20)15(21)18-17-11(3)5-2/h6-9H,4-5,10H2,1-3H3,(H,18,21)/b17-11-. The van der Waals surface area contributed by atoms with E-state index in [-0.39, 0.29) is 11.3 Å². The molecule has 1 heterocycles. The number of nitrogens with one attached hydrogen (secondary N) is 1. The van der Waals surface area contributed by atoms with Crippen molar-refractivity contribution in [2.75, 3.05) is 0 Å². The number of fused-ring (bicyclic) bond motifs is 1. The number of hydrogen-bond donors (Lipinski definition) is 1. The van der Waals surface area contributed by atoms with Gasteiger partial charge in [-0.05, 0) is 25.8 Å². The predicted octanol–water partition coefficient (Wildman–Crippen LogP) is 2.32. The van der Waals surface area contributed by atoms with Gasteiger partial charge in [-0.2, -0.15) is 10.2 Å². The van der Waals surface area contributed by atoms with Gasteiger partial charge in [0.05, 0.1) is 5.39 Å². The van der Waals surface area contributed by atoms with Crippen molar-refractivity contribution in [3.63, 3.8) is 0 Å². The van der Waals surface area contributed by atoms with E-state index in [0.29, 0.717) is 17.3 Å². The zero-order chi connectivity index (χ0) is 16.1. The van der Waals surface area contributed by atoms with Crippen molar-refractivity contribution >= 4 is 22.4 Å². The number of benzene rings is 1. The van der Waals surface area contributed by atoms with Crippen LogP contribution < -0.4 is 11.0 Å². The summed E-state index contributed by atoms with van der Waals surface area (Å²) in [6, 6.07) is 7.00. The highest BCUT2D eigenvalue weighted by Gasteiger charge is 2.16. The van der Waals surface area contributed by atoms with Gasteiger partial charge in [0.15, 0.2) is 5.69 Å². The van der Waals surface area contributed by atoms with Crippen LogP contribution in [0.4, 0.5) is 0 Å². The molecule has 0 aliphatic carbocycles. The Kier molecular flexibility index (Phi) is 5.04. The minimum Gasteiger partial charge on any atom is -0.267 e. The highest BCUT2D eigenvalue weighted by atomic mass is 16.2. The summed E-state index contributed by atoms with van der Waals surface area (Å²) < 4.78 is 1.34. The maximum Gasteiger partial charge on any atom is 0.292 e. The number of aromatic nitrogens is 2. The molecule has 1 N–H and O–H groups in total. The molecule has 0 radical (unpaired) electrons. The first-order valence-electron chi connectivity index (χ1n) is 7.41. The van der Waals surface area contributed by atoms with E-state index in [1.54, 1.807) is 24.3 Å². The van der Waals surface area contributed by atoms with Gasteiger partial charge in [-0.1, -0.05) is 32.0 Å². The second-order valence-electron chi connectivity index (χ2n) is 5.06. The zero-order valence-electron chi connectivity index (χ0n) is 13.1. The van der Waals surface area contributed by atoms with Crippen LogP contribution in [0.1, 0.15) is 44.1 Å². The van der Waals surface area contributed by atoms with Crippen molar-refractivity contribution < 1.29 is 4.79 Å². The molecule has 116 valence electrons. The second-order valence-corrected chi connectivity index (χ2v) is 5.06. The maximum atomic E-state index is 12.4. The molecule has 0 saturated heterocycles. The fourth-order valence-corrected chi connectivity index (χ4v) is 2.04. The molecule has 0 spiro atoms. The van der Waals surface area contributed by atoms with Crippen LogP contribution in [-0.2, 0) is 6.54 Å². The molecule has 0 fully saturated rings. The molecule has 6 heteroatoms. The highest BCUT2D eigenvalue weighted by molar-refractivity contribution is 6.05. The van der Waals surface area contributed by atoms with Gasteiger partial charge in [0.1, 0.15) is 0 Å². The van der Waals surface area contributed by atoms with Gasteiger partial charge in [0.2, 0.25) is 0 Å². The molecule has 2 aromatic rings. The highest BCUT2D eigenvalue weighted by Crippen LogP contribution is 2.13. The largest absolute Gasteiger partial charge is 0.292 e. The first-order valence-corrected chi connectivity index (χ1v) is 7.41. The van der Waals surface area contributed by atoms with Gasteiger partial charge in [-0.15, -0.1) is 0 Å². The summed E-state index contributed by atoms with van der Waals surface area (Å²) in [7, 11) is 0. The van der Waals surface area contributed by atoms with E-state index in [4.69, 9.17) is 0 Å². The first kappa shape index (κ1) is 15.9. The van der Waals surface area contributed by atoms with Crippen molar-refractivity contribution in [1.82, 2.24) is 15.2 Å². The van der Waals surface area contributed by atoms with E-state index < -0.39 is 5.91 Å². The van der Waals surface area contributed by atoms with Gasteiger partial charge in [-0.25, -0.2) is 10.1 Å². The van der Waals surface area contributed by atoms with Crippen molar-refractivity contribution in [3.05, 3.63) is 40.3 Å². The van der Waals surface area contributed by atoms with E-state index in [0.717, 1.165) is 18.6 Å². The van der Waals surface area contributed by atoms with Crippen LogP contribution in [-0.4, -0.2) is 21.4 Å². The third kappa shape index (κ3) is 3.21. The molecule has 0 unspecified atom stereocenters.